The summed E-state index contributed by atoms with van der Waals surface area (Å²) in [6, 6.07) is 0. The monoisotopic (exact) mass is 317 g/mol. The van der Waals surface area contributed by atoms with Gasteiger partial charge in [0.1, 0.15) is 23.3 Å². The van der Waals surface area contributed by atoms with E-state index in [1.807, 2.05) is 0 Å². The van der Waals surface area contributed by atoms with Crippen molar-refractivity contribution in [2.75, 3.05) is 6.61 Å². The first-order valence-electron chi connectivity index (χ1n) is 7.13. The van der Waals surface area contributed by atoms with Crippen LogP contribution >= 0.6 is 0 Å². The van der Waals surface area contributed by atoms with E-state index in [4.69, 9.17) is 10.5 Å². The van der Waals surface area contributed by atoms with Gasteiger partial charge in [-0.1, -0.05) is 0 Å². The zero-order valence-corrected chi connectivity index (χ0v) is 11.5. The largest absolute Gasteiger partial charge is 0.826 e. The lowest BCUT2D eigenvalue weighted by Gasteiger charge is -2.74. The standard InChI is InChI=1S/C12H18N3O7/c13-9-14-7(18)4-6-10(20,2-16)3-1-11(21,22-6)8(19)12(4,15-9)5(3)17/h3-8,16-20H,1-2H2,(H3,13,14,15)/q-1/p+1/t3?,4-,5?,6+,7+,8-,10-,11?,12?/m1/s1. The van der Waals surface area contributed by atoms with Gasteiger partial charge in [0.25, 0.3) is 0 Å². The molecule has 4 fully saturated rings. The molecule has 2 saturated heterocycles. The zero-order chi connectivity index (χ0) is 16.1. The molecule has 0 aromatic rings. The molecule has 1 spiro atoms. The molecular formula is C12H19N3O7. The van der Waals surface area contributed by atoms with Crippen molar-refractivity contribution >= 4 is 5.96 Å². The van der Waals surface area contributed by atoms with Crippen LogP contribution in [-0.4, -0.2) is 79.6 Å². The molecule has 124 valence electrons. The van der Waals surface area contributed by atoms with Gasteiger partial charge in [-0.2, -0.15) is 0 Å². The fourth-order valence-corrected chi connectivity index (χ4v) is 4.87. The molecule has 0 radical (unpaired) electrons. The Balaban J connectivity index is 1.95. The normalized spacial score (nSPS) is 62.4. The highest BCUT2D eigenvalue weighted by Gasteiger charge is 2.80. The first-order valence-corrected chi connectivity index (χ1v) is 7.13. The smallest absolute Gasteiger partial charge is 0.343 e. The van der Waals surface area contributed by atoms with E-state index in [1.54, 1.807) is 0 Å². The Labute approximate surface area is 124 Å². The van der Waals surface area contributed by atoms with Crippen molar-refractivity contribution in [1.82, 2.24) is 5.32 Å². The van der Waals surface area contributed by atoms with Crippen LogP contribution < -0.4 is 21.1 Å². The van der Waals surface area contributed by atoms with Crippen molar-refractivity contribution in [2.24, 2.45) is 17.6 Å². The highest BCUT2D eigenvalue weighted by Crippen LogP contribution is 2.59. The molecule has 2 aliphatic carbocycles. The predicted molar refractivity (Wildman–Crippen MR) is 65.3 cm³/mol. The molecule has 0 amide bonds. The van der Waals surface area contributed by atoms with Gasteiger partial charge >= 0.3 is 5.96 Å². The van der Waals surface area contributed by atoms with E-state index in [0.29, 0.717) is 0 Å². The quantitative estimate of drug-likeness (QED) is 0.232. The molecule has 4 unspecified atom stereocenters. The van der Waals surface area contributed by atoms with Gasteiger partial charge in [0.05, 0.1) is 18.6 Å². The highest BCUT2D eigenvalue weighted by atomic mass is 16.7. The van der Waals surface area contributed by atoms with Gasteiger partial charge in [0, 0.05) is 11.7 Å². The van der Waals surface area contributed by atoms with Gasteiger partial charge in [-0.15, -0.1) is 0 Å². The van der Waals surface area contributed by atoms with Crippen molar-refractivity contribution in [3.8, 4) is 0 Å². The third kappa shape index (κ3) is 1.29. The van der Waals surface area contributed by atoms with E-state index < -0.39 is 59.9 Å². The SMILES string of the molecule is NC1=[NH+][C@@H](O)[C@H]2[C@@H]3OC4([O-])CC(C(O)C2(N1)[C@@H]4O)[C@]3(O)CO. The maximum atomic E-state index is 12.8. The molecule has 3 aliphatic heterocycles. The summed E-state index contributed by atoms with van der Waals surface area (Å²) in [6.07, 6.45) is -6.09. The van der Waals surface area contributed by atoms with Crippen molar-refractivity contribution in [3.63, 3.8) is 0 Å². The molecule has 10 nitrogen and oxygen atoms in total. The van der Waals surface area contributed by atoms with E-state index in [9.17, 15) is 30.6 Å². The van der Waals surface area contributed by atoms with Crippen LogP contribution in [0.25, 0.3) is 0 Å². The van der Waals surface area contributed by atoms with Crippen LogP contribution in [-0.2, 0) is 4.74 Å². The average molecular weight is 317 g/mol. The summed E-state index contributed by atoms with van der Waals surface area (Å²) in [4.78, 5) is 2.49. The summed E-state index contributed by atoms with van der Waals surface area (Å²) in [7, 11) is 0. The van der Waals surface area contributed by atoms with Crippen molar-refractivity contribution < 1.29 is 40.4 Å². The number of hydrogen-bond donors (Lipinski definition) is 8. The summed E-state index contributed by atoms with van der Waals surface area (Å²) in [6.45, 7) is -0.746. The lowest BCUT2D eigenvalue weighted by atomic mass is 9.47. The molecule has 22 heavy (non-hydrogen) atoms. The third-order valence-corrected chi connectivity index (χ3v) is 5.83. The molecule has 5 rings (SSSR count). The molecule has 4 bridgehead atoms. The van der Waals surface area contributed by atoms with Crippen molar-refractivity contribution in [3.05, 3.63) is 0 Å². The molecule has 0 aromatic carbocycles. The Bertz CT molecular complexity index is 561. The predicted octanol–water partition coefficient (Wildman–Crippen LogP) is -7.41. The number of nitrogens with one attached hydrogen (secondary N) is 2. The number of aliphatic hydroxyl groups excluding tert-OH is 4. The van der Waals surface area contributed by atoms with E-state index >= 15 is 0 Å². The second kappa shape index (κ2) is 3.90. The number of guanidine groups is 1. The Morgan fingerprint density at radius 3 is 2.73 bits per heavy atom. The Morgan fingerprint density at radius 1 is 1.41 bits per heavy atom. The lowest BCUT2D eigenvalue weighted by Crippen LogP contribution is -3.03. The summed E-state index contributed by atoms with van der Waals surface area (Å²) < 4.78 is 5.33. The first kappa shape index (κ1) is 14.6. The van der Waals surface area contributed by atoms with Crippen LogP contribution in [0, 0.1) is 11.8 Å². The molecular weight excluding hydrogens is 298 g/mol. The minimum Gasteiger partial charge on any atom is -0.826 e. The first-order chi connectivity index (χ1) is 10.2. The van der Waals surface area contributed by atoms with Crippen LogP contribution in [0.2, 0.25) is 0 Å². The van der Waals surface area contributed by atoms with Gasteiger partial charge in [0.2, 0.25) is 0 Å². The van der Waals surface area contributed by atoms with Gasteiger partial charge in [-0.05, 0) is 6.42 Å². The van der Waals surface area contributed by atoms with E-state index in [1.165, 1.54) is 0 Å². The van der Waals surface area contributed by atoms with Gasteiger partial charge in [0.15, 0.2) is 6.23 Å². The van der Waals surface area contributed by atoms with E-state index in [2.05, 4.69) is 10.3 Å². The second-order valence-corrected chi connectivity index (χ2v) is 6.74. The lowest BCUT2D eigenvalue weighted by molar-refractivity contribution is -0.654. The zero-order valence-electron chi connectivity index (χ0n) is 11.5. The van der Waals surface area contributed by atoms with Crippen molar-refractivity contribution in [2.45, 2.75) is 47.9 Å². The van der Waals surface area contributed by atoms with Crippen LogP contribution in [0.1, 0.15) is 6.42 Å². The van der Waals surface area contributed by atoms with Gasteiger partial charge in [-0.25, -0.2) is 0 Å². The molecule has 5 aliphatic rings. The molecule has 10 heteroatoms. The maximum Gasteiger partial charge on any atom is 0.343 e. The number of ether oxygens (including phenoxy) is 1. The fraction of sp³-hybridized carbons (Fsp3) is 0.917. The summed E-state index contributed by atoms with van der Waals surface area (Å²) in [5.74, 6) is -4.45. The van der Waals surface area contributed by atoms with Crippen LogP contribution in [0.3, 0.4) is 0 Å². The Hall–Kier alpha value is -1.01. The fourth-order valence-electron chi connectivity index (χ4n) is 4.87. The highest BCUT2D eigenvalue weighted by molar-refractivity contribution is 5.74. The number of hydrogen-bond acceptors (Lipinski definition) is 9. The molecule has 9 atom stereocenters. The number of aliphatic hydroxyl groups is 5. The van der Waals surface area contributed by atoms with Gasteiger partial charge in [-0.3, -0.25) is 16.0 Å². The minimum atomic E-state index is -2.25. The molecule has 0 aromatic heterocycles. The minimum absolute atomic E-state index is 0.0973. The average Bonchev–Trinajstić information content (AvgIpc) is 2.45. The molecule has 3 heterocycles. The third-order valence-electron chi connectivity index (χ3n) is 5.83. The van der Waals surface area contributed by atoms with Gasteiger partial charge < -0.3 is 35.4 Å². The summed E-state index contributed by atoms with van der Waals surface area (Å²) in [5, 5.41) is 67.3. The van der Waals surface area contributed by atoms with E-state index in [0.717, 1.165) is 0 Å². The van der Waals surface area contributed by atoms with Crippen LogP contribution in [0.15, 0.2) is 0 Å². The van der Waals surface area contributed by atoms with Crippen LogP contribution in [0.5, 0.6) is 0 Å². The molecule has 2 saturated carbocycles. The Morgan fingerprint density at radius 2 is 2.09 bits per heavy atom. The number of nitrogens with two attached hydrogens (primary N) is 1. The van der Waals surface area contributed by atoms with Crippen LogP contribution in [0.4, 0.5) is 0 Å². The summed E-state index contributed by atoms with van der Waals surface area (Å²) >= 11 is 0. The maximum absolute atomic E-state index is 12.8. The second-order valence-electron chi connectivity index (χ2n) is 6.74. The Kier molecular flexibility index (Phi) is 2.58. The van der Waals surface area contributed by atoms with E-state index in [-0.39, 0.29) is 12.4 Å². The topological polar surface area (TPSA) is 185 Å². The molecule has 9 N–H and O–H groups in total. The number of rotatable bonds is 1. The summed E-state index contributed by atoms with van der Waals surface area (Å²) in [5.41, 5.74) is 2.11. The van der Waals surface area contributed by atoms with Crippen molar-refractivity contribution in [1.29, 1.82) is 0 Å².